The van der Waals surface area contributed by atoms with E-state index >= 15 is 0 Å². The highest BCUT2D eigenvalue weighted by atomic mass is 16.6. The molecule has 1 saturated heterocycles. The van der Waals surface area contributed by atoms with Crippen molar-refractivity contribution in [2.75, 3.05) is 13.1 Å². The Morgan fingerprint density at radius 2 is 2.11 bits per heavy atom. The molecule has 1 aliphatic heterocycles. The van der Waals surface area contributed by atoms with Crippen LogP contribution in [-0.4, -0.2) is 34.1 Å². The summed E-state index contributed by atoms with van der Waals surface area (Å²) in [6.45, 7) is 3.73. The Balaban J connectivity index is 2.10. The Kier molecular flexibility index (Phi) is 3.93. The molecule has 0 amide bonds. The Bertz CT molecular complexity index is 428. The number of nitro benzene ring substituents is 1. The minimum atomic E-state index is -0.365. The fraction of sp³-hybridized carbons (Fsp3) is 0.538. The summed E-state index contributed by atoms with van der Waals surface area (Å²) in [5.41, 5.74) is 1.09. The molecule has 1 unspecified atom stereocenters. The first-order chi connectivity index (χ1) is 8.58. The molecule has 0 spiro atoms. The molecule has 0 radical (unpaired) electrons. The van der Waals surface area contributed by atoms with Gasteiger partial charge >= 0.3 is 0 Å². The van der Waals surface area contributed by atoms with Gasteiger partial charge in [-0.15, -0.1) is 0 Å². The van der Waals surface area contributed by atoms with Crippen molar-refractivity contribution in [3.8, 4) is 0 Å². The van der Waals surface area contributed by atoms with Gasteiger partial charge in [0, 0.05) is 31.3 Å². The van der Waals surface area contributed by atoms with Gasteiger partial charge in [-0.1, -0.05) is 12.1 Å². The number of rotatable bonds is 3. The zero-order valence-corrected chi connectivity index (χ0v) is 10.5. The van der Waals surface area contributed by atoms with Gasteiger partial charge < -0.3 is 5.11 Å². The zero-order chi connectivity index (χ0) is 13.1. The van der Waals surface area contributed by atoms with Crippen molar-refractivity contribution in [2.24, 2.45) is 0 Å². The minimum Gasteiger partial charge on any atom is -0.393 e. The predicted molar refractivity (Wildman–Crippen MR) is 68.3 cm³/mol. The van der Waals surface area contributed by atoms with Crippen LogP contribution >= 0.6 is 0 Å². The molecule has 5 nitrogen and oxygen atoms in total. The van der Waals surface area contributed by atoms with Crippen LogP contribution in [0.25, 0.3) is 0 Å². The molecule has 1 heterocycles. The maximum atomic E-state index is 10.8. The van der Waals surface area contributed by atoms with Crippen LogP contribution in [0.3, 0.4) is 0 Å². The SMILES string of the molecule is CC(c1cccc([N+](=O)[O-])c1)N1CCC(O)CC1. The highest BCUT2D eigenvalue weighted by molar-refractivity contribution is 5.35. The molecule has 1 fully saturated rings. The molecule has 5 heteroatoms. The number of aliphatic hydroxyl groups excluding tert-OH is 1. The summed E-state index contributed by atoms with van der Waals surface area (Å²) >= 11 is 0. The number of nitro groups is 1. The lowest BCUT2D eigenvalue weighted by Gasteiger charge is -2.34. The van der Waals surface area contributed by atoms with Crippen LogP contribution in [0.4, 0.5) is 5.69 Å². The van der Waals surface area contributed by atoms with Gasteiger partial charge in [-0.05, 0) is 25.3 Å². The van der Waals surface area contributed by atoms with E-state index < -0.39 is 0 Å². The molecule has 2 rings (SSSR count). The Hall–Kier alpha value is -1.46. The van der Waals surface area contributed by atoms with E-state index in [1.807, 2.05) is 6.07 Å². The largest absolute Gasteiger partial charge is 0.393 e. The van der Waals surface area contributed by atoms with Crippen LogP contribution in [0.1, 0.15) is 31.4 Å². The van der Waals surface area contributed by atoms with Crippen LogP contribution in [0.5, 0.6) is 0 Å². The first-order valence-corrected chi connectivity index (χ1v) is 6.24. The molecule has 18 heavy (non-hydrogen) atoms. The molecule has 1 aromatic carbocycles. The van der Waals surface area contributed by atoms with E-state index in [1.165, 1.54) is 6.07 Å². The van der Waals surface area contributed by atoms with Crippen molar-refractivity contribution in [2.45, 2.75) is 31.9 Å². The van der Waals surface area contributed by atoms with E-state index in [4.69, 9.17) is 0 Å². The van der Waals surface area contributed by atoms with Gasteiger partial charge in [0.2, 0.25) is 0 Å². The average molecular weight is 250 g/mol. The number of non-ortho nitro benzene ring substituents is 1. The van der Waals surface area contributed by atoms with Crippen LogP contribution in [0, 0.1) is 10.1 Å². The summed E-state index contributed by atoms with van der Waals surface area (Å²) in [5, 5.41) is 20.2. The second-order valence-electron chi connectivity index (χ2n) is 4.80. The molecule has 0 aromatic heterocycles. The fourth-order valence-electron chi connectivity index (χ4n) is 2.38. The molecule has 0 saturated carbocycles. The van der Waals surface area contributed by atoms with Gasteiger partial charge in [-0.2, -0.15) is 0 Å². The topological polar surface area (TPSA) is 66.6 Å². The van der Waals surface area contributed by atoms with Gasteiger partial charge in [0.25, 0.3) is 5.69 Å². The van der Waals surface area contributed by atoms with Crippen LogP contribution < -0.4 is 0 Å². The van der Waals surface area contributed by atoms with E-state index in [9.17, 15) is 15.2 Å². The maximum Gasteiger partial charge on any atom is 0.269 e. The van der Waals surface area contributed by atoms with Gasteiger partial charge in [0.15, 0.2) is 0 Å². The molecule has 98 valence electrons. The number of benzene rings is 1. The van der Waals surface area contributed by atoms with Crippen molar-refractivity contribution in [3.63, 3.8) is 0 Å². The number of nitrogens with zero attached hydrogens (tertiary/aromatic N) is 2. The predicted octanol–water partition coefficient (Wildman–Crippen LogP) is 2.11. The summed E-state index contributed by atoms with van der Waals surface area (Å²) in [6, 6.07) is 6.94. The second kappa shape index (κ2) is 5.46. The first kappa shape index (κ1) is 13.0. The van der Waals surface area contributed by atoms with Crippen LogP contribution in [-0.2, 0) is 0 Å². The van der Waals surface area contributed by atoms with Gasteiger partial charge in [0.1, 0.15) is 0 Å². The maximum absolute atomic E-state index is 10.8. The van der Waals surface area contributed by atoms with Crippen LogP contribution in [0.15, 0.2) is 24.3 Å². The third-order valence-corrected chi connectivity index (χ3v) is 3.61. The second-order valence-corrected chi connectivity index (χ2v) is 4.80. The number of aliphatic hydroxyl groups is 1. The molecule has 1 aliphatic rings. The van der Waals surface area contributed by atoms with E-state index in [0.717, 1.165) is 31.5 Å². The first-order valence-electron chi connectivity index (χ1n) is 6.24. The van der Waals surface area contributed by atoms with Crippen molar-refractivity contribution in [3.05, 3.63) is 39.9 Å². The highest BCUT2D eigenvalue weighted by Gasteiger charge is 2.23. The number of likely N-dealkylation sites (tertiary alicyclic amines) is 1. The Labute approximate surface area is 106 Å². The number of hydrogen-bond acceptors (Lipinski definition) is 4. The summed E-state index contributed by atoms with van der Waals surface area (Å²) in [5.74, 6) is 0. The van der Waals surface area contributed by atoms with Crippen molar-refractivity contribution in [1.82, 2.24) is 4.90 Å². The number of hydrogen-bond donors (Lipinski definition) is 1. The molecular formula is C13H18N2O3. The van der Waals surface area contributed by atoms with Crippen LogP contribution in [0.2, 0.25) is 0 Å². The smallest absolute Gasteiger partial charge is 0.269 e. The molecular weight excluding hydrogens is 232 g/mol. The summed E-state index contributed by atoms with van der Waals surface area (Å²) < 4.78 is 0. The lowest BCUT2D eigenvalue weighted by molar-refractivity contribution is -0.385. The highest BCUT2D eigenvalue weighted by Crippen LogP contribution is 2.26. The Morgan fingerprint density at radius 1 is 1.44 bits per heavy atom. The third kappa shape index (κ3) is 2.86. The molecule has 0 bridgehead atoms. The summed E-state index contributed by atoms with van der Waals surface area (Å²) in [7, 11) is 0. The monoisotopic (exact) mass is 250 g/mol. The number of piperidine rings is 1. The summed E-state index contributed by atoms with van der Waals surface area (Å²) in [4.78, 5) is 12.6. The van der Waals surface area contributed by atoms with Gasteiger partial charge in [0.05, 0.1) is 11.0 Å². The lowest BCUT2D eigenvalue weighted by Crippen LogP contribution is -2.37. The van der Waals surface area contributed by atoms with Crippen molar-refractivity contribution >= 4 is 5.69 Å². The van der Waals surface area contributed by atoms with Crippen molar-refractivity contribution in [1.29, 1.82) is 0 Å². The minimum absolute atomic E-state index is 0.136. The molecule has 1 aromatic rings. The van der Waals surface area contributed by atoms with E-state index in [1.54, 1.807) is 12.1 Å². The average Bonchev–Trinajstić information content (AvgIpc) is 2.39. The molecule has 1 N–H and O–H groups in total. The normalized spacial score (nSPS) is 19.7. The lowest BCUT2D eigenvalue weighted by atomic mass is 10.0. The van der Waals surface area contributed by atoms with Gasteiger partial charge in [-0.3, -0.25) is 15.0 Å². The summed E-state index contributed by atoms with van der Waals surface area (Å²) in [6.07, 6.45) is 1.36. The fourth-order valence-corrected chi connectivity index (χ4v) is 2.38. The third-order valence-electron chi connectivity index (χ3n) is 3.61. The Morgan fingerprint density at radius 3 is 2.72 bits per heavy atom. The zero-order valence-electron chi connectivity index (χ0n) is 10.5. The van der Waals surface area contributed by atoms with E-state index in [-0.39, 0.29) is 22.8 Å². The molecule has 1 atom stereocenters. The quantitative estimate of drug-likeness (QED) is 0.659. The standard InChI is InChI=1S/C13H18N2O3/c1-10(14-7-5-13(16)6-8-14)11-3-2-4-12(9-11)15(17)18/h2-4,9-10,13,16H,5-8H2,1H3. The molecule has 0 aliphatic carbocycles. The van der Waals surface area contributed by atoms with Gasteiger partial charge in [-0.25, -0.2) is 0 Å². The van der Waals surface area contributed by atoms with Crippen molar-refractivity contribution < 1.29 is 10.0 Å². The van der Waals surface area contributed by atoms with E-state index in [2.05, 4.69) is 11.8 Å². The van der Waals surface area contributed by atoms with E-state index in [0.29, 0.717) is 0 Å².